The normalized spacial score (nSPS) is 11.6. The van der Waals surface area contributed by atoms with Crippen LogP contribution in [0.4, 0.5) is 10.5 Å². The van der Waals surface area contributed by atoms with Crippen molar-refractivity contribution in [2.45, 2.75) is 39.8 Å². The lowest BCUT2D eigenvalue weighted by atomic mass is 10.2. The van der Waals surface area contributed by atoms with E-state index in [1.54, 1.807) is 0 Å². The molecule has 0 bridgehead atoms. The Morgan fingerprint density at radius 3 is 2.45 bits per heavy atom. The van der Waals surface area contributed by atoms with Crippen LogP contribution in [0.3, 0.4) is 0 Å². The molecule has 20 heavy (non-hydrogen) atoms. The van der Waals surface area contributed by atoms with Crippen LogP contribution in [0, 0.1) is 0 Å². The minimum absolute atomic E-state index is 0.00338. The van der Waals surface area contributed by atoms with Gasteiger partial charge in [-0.15, -0.1) is 0 Å². The van der Waals surface area contributed by atoms with Gasteiger partial charge in [0, 0.05) is 11.7 Å². The Morgan fingerprint density at radius 1 is 1.25 bits per heavy atom. The first-order valence-electron chi connectivity index (χ1n) is 6.76. The van der Waals surface area contributed by atoms with Gasteiger partial charge in [-0.1, -0.05) is 19.1 Å². The number of hydrogen-bond acceptors (Lipinski definition) is 4. The second-order valence-corrected chi connectivity index (χ2v) is 4.78. The highest BCUT2D eigenvalue weighted by molar-refractivity contribution is 5.81. The number of amides is 1. The number of alkyl carbamates (subject to hydrolysis) is 1. The maximum absolute atomic E-state index is 11.3. The third kappa shape index (κ3) is 6.22. The monoisotopic (exact) mass is 278 g/mol. The number of anilines is 1. The second kappa shape index (κ2) is 8.19. The number of nitrogens with one attached hydrogen (secondary N) is 2. The molecule has 0 aliphatic rings. The van der Waals surface area contributed by atoms with Crippen LogP contribution in [0.2, 0.25) is 0 Å². The summed E-state index contributed by atoms with van der Waals surface area (Å²) in [6.07, 6.45) is 0.475. The molecule has 0 aromatic heterocycles. The van der Waals surface area contributed by atoms with E-state index in [-0.39, 0.29) is 18.9 Å². The Hall–Kier alpha value is -2.04. The maximum Gasteiger partial charge on any atom is 0.407 e. The highest BCUT2D eigenvalue weighted by atomic mass is 16.5. The second-order valence-electron chi connectivity index (χ2n) is 4.78. The molecule has 0 fully saturated rings. The van der Waals surface area contributed by atoms with Crippen LogP contribution >= 0.6 is 0 Å². The summed E-state index contributed by atoms with van der Waals surface area (Å²) in [6.45, 7) is 5.84. The van der Waals surface area contributed by atoms with Gasteiger partial charge in [0.1, 0.15) is 12.4 Å². The third-order valence-corrected chi connectivity index (χ3v) is 2.83. The van der Waals surface area contributed by atoms with Gasteiger partial charge in [-0.25, -0.2) is 4.79 Å². The summed E-state index contributed by atoms with van der Waals surface area (Å²) in [5.41, 5.74) is 1.95. The van der Waals surface area contributed by atoms with E-state index < -0.39 is 6.09 Å². The molecule has 0 spiro atoms. The average molecular weight is 278 g/mol. The Balaban J connectivity index is 2.38. The van der Waals surface area contributed by atoms with Crippen LogP contribution in [-0.2, 0) is 16.1 Å². The van der Waals surface area contributed by atoms with Crippen molar-refractivity contribution in [3.8, 4) is 0 Å². The van der Waals surface area contributed by atoms with Gasteiger partial charge in [0.05, 0.1) is 6.54 Å². The average Bonchev–Trinajstić information content (AvgIpc) is 2.44. The van der Waals surface area contributed by atoms with E-state index >= 15 is 0 Å². The standard InChI is InChI=1S/C15H22N2O3/c1-4-11(2)17-14-7-5-13(6-8-14)10-20-15(19)16-9-12(3)18/h5-8,11,17H,4,9-10H2,1-3H3,(H,16,19). The van der Waals surface area contributed by atoms with Crippen LogP contribution in [0.25, 0.3) is 0 Å². The van der Waals surface area contributed by atoms with Gasteiger partial charge in [-0.2, -0.15) is 0 Å². The van der Waals surface area contributed by atoms with Crippen LogP contribution in [0.5, 0.6) is 0 Å². The number of carbonyl (C=O) groups is 2. The molecule has 1 unspecified atom stereocenters. The van der Waals surface area contributed by atoms with Crippen LogP contribution in [-0.4, -0.2) is 24.5 Å². The Labute approximate surface area is 119 Å². The minimum atomic E-state index is -0.581. The van der Waals surface area contributed by atoms with Crippen molar-refractivity contribution in [1.82, 2.24) is 5.32 Å². The van der Waals surface area contributed by atoms with E-state index in [0.717, 1.165) is 17.7 Å². The lowest BCUT2D eigenvalue weighted by Crippen LogP contribution is -2.28. The van der Waals surface area contributed by atoms with Crippen LogP contribution in [0.15, 0.2) is 24.3 Å². The lowest BCUT2D eigenvalue weighted by Gasteiger charge is -2.13. The molecule has 0 aliphatic carbocycles. The van der Waals surface area contributed by atoms with Gasteiger partial charge in [-0.3, -0.25) is 4.79 Å². The highest BCUT2D eigenvalue weighted by Gasteiger charge is 2.04. The molecule has 0 aliphatic heterocycles. The van der Waals surface area contributed by atoms with Crippen molar-refractivity contribution in [3.05, 3.63) is 29.8 Å². The molecule has 5 heteroatoms. The molecule has 0 heterocycles. The Bertz CT molecular complexity index is 443. The van der Waals surface area contributed by atoms with Crippen LogP contribution < -0.4 is 10.6 Å². The van der Waals surface area contributed by atoms with E-state index in [9.17, 15) is 9.59 Å². The summed E-state index contributed by atoms with van der Waals surface area (Å²) in [6, 6.07) is 8.15. The van der Waals surface area contributed by atoms with Crippen molar-refractivity contribution in [2.75, 3.05) is 11.9 Å². The molecule has 1 aromatic carbocycles. The SMILES string of the molecule is CCC(C)Nc1ccc(COC(=O)NCC(C)=O)cc1. The fourth-order valence-electron chi connectivity index (χ4n) is 1.48. The van der Waals surface area contributed by atoms with Crippen molar-refractivity contribution in [1.29, 1.82) is 0 Å². The van der Waals surface area contributed by atoms with Crippen molar-refractivity contribution in [3.63, 3.8) is 0 Å². The first-order chi connectivity index (χ1) is 9.51. The van der Waals surface area contributed by atoms with Gasteiger partial charge < -0.3 is 15.4 Å². The van der Waals surface area contributed by atoms with Gasteiger partial charge in [0.2, 0.25) is 0 Å². The molecule has 0 saturated carbocycles. The number of ketones is 1. The first kappa shape index (κ1) is 16.0. The molecule has 0 radical (unpaired) electrons. The van der Waals surface area contributed by atoms with Crippen molar-refractivity contribution >= 4 is 17.6 Å². The molecule has 1 amide bonds. The van der Waals surface area contributed by atoms with E-state index in [2.05, 4.69) is 24.5 Å². The first-order valence-corrected chi connectivity index (χ1v) is 6.76. The summed E-state index contributed by atoms with van der Waals surface area (Å²) in [5.74, 6) is -0.109. The van der Waals surface area contributed by atoms with E-state index in [1.807, 2.05) is 24.3 Å². The quantitative estimate of drug-likeness (QED) is 0.804. The predicted octanol–water partition coefficient (Wildman–Crippen LogP) is 2.71. The zero-order valence-electron chi connectivity index (χ0n) is 12.2. The summed E-state index contributed by atoms with van der Waals surface area (Å²) in [7, 11) is 0. The van der Waals surface area contributed by atoms with Gasteiger partial charge in [0.15, 0.2) is 0 Å². The fourth-order valence-corrected chi connectivity index (χ4v) is 1.48. The number of rotatable bonds is 7. The number of carbonyl (C=O) groups excluding carboxylic acids is 2. The summed E-state index contributed by atoms with van der Waals surface area (Å²) < 4.78 is 5.00. The van der Waals surface area contributed by atoms with E-state index in [4.69, 9.17) is 4.74 Å². The molecule has 5 nitrogen and oxygen atoms in total. The summed E-state index contributed by atoms with van der Waals surface area (Å²) in [4.78, 5) is 22.0. The number of benzene rings is 1. The fraction of sp³-hybridized carbons (Fsp3) is 0.467. The molecule has 1 atom stereocenters. The molecule has 1 aromatic rings. The van der Waals surface area contributed by atoms with Crippen molar-refractivity contribution < 1.29 is 14.3 Å². The van der Waals surface area contributed by atoms with Crippen LogP contribution in [0.1, 0.15) is 32.8 Å². The largest absolute Gasteiger partial charge is 0.445 e. The minimum Gasteiger partial charge on any atom is -0.445 e. The zero-order chi connectivity index (χ0) is 15.0. The number of hydrogen-bond donors (Lipinski definition) is 2. The lowest BCUT2D eigenvalue weighted by molar-refractivity contribution is -0.116. The smallest absolute Gasteiger partial charge is 0.407 e. The van der Waals surface area contributed by atoms with Gasteiger partial charge in [-0.05, 0) is 38.0 Å². The topological polar surface area (TPSA) is 67.4 Å². The van der Waals surface area contributed by atoms with E-state index in [1.165, 1.54) is 6.92 Å². The predicted molar refractivity (Wildman–Crippen MR) is 78.7 cm³/mol. The molecular formula is C15H22N2O3. The molecule has 110 valence electrons. The van der Waals surface area contributed by atoms with E-state index in [0.29, 0.717) is 6.04 Å². The molecular weight excluding hydrogens is 256 g/mol. The Kier molecular flexibility index (Phi) is 6.56. The highest BCUT2D eigenvalue weighted by Crippen LogP contribution is 2.12. The molecule has 2 N–H and O–H groups in total. The Morgan fingerprint density at radius 2 is 1.90 bits per heavy atom. The summed E-state index contributed by atoms with van der Waals surface area (Å²) >= 11 is 0. The molecule has 0 saturated heterocycles. The third-order valence-electron chi connectivity index (χ3n) is 2.83. The molecule has 1 rings (SSSR count). The summed E-state index contributed by atoms with van der Waals surface area (Å²) in [5, 5.41) is 5.73. The van der Waals surface area contributed by atoms with Crippen molar-refractivity contribution in [2.24, 2.45) is 0 Å². The van der Waals surface area contributed by atoms with Gasteiger partial charge >= 0.3 is 6.09 Å². The van der Waals surface area contributed by atoms with Gasteiger partial charge in [0.25, 0.3) is 0 Å². The number of ether oxygens (including phenoxy) is 1. The number of Topliss-reactive ketones (excluding diaryl/α,β-unsaturated/α-hetero) is 1. The zero-order valence-corrected chi connectivity index (χ0v) is 12.2. The maximum atomic E-state index is 11.3.